The lowest BCUT2D eigenvalue weighted by atomic mass is 10.2. The zero-order valence-corrected chi connectivity index (χ0v) is 14.3. The minimum Gasteiger partial charge on any atom is -0.493 e. The Morgan fingerprint density at radius 3 is 3.00 bits per heavy atom. The number of halogens is 1. The number of aryl methyl sites for hydroxylation is 1. The first-order valence-corrected chi connectivity index (χ1v) is 8.54. The molecule has 0 saturated heterocycles. The van der Waals surface area contributed by atoms with Crippen molar-refractivity contribution in [3.63, 3.8) is 0 Å². The van der Waals surface area contributed by atoms with Crippen LogP contribution in [0.5, 0.6) is 5.75 Å². The number of tetrazole rings is 1. The van der Waals surface area contributed by atoms with Crippen LogP contribution in [0.1, 0.15) is 18.9 Å². The van der Waals surface area contributed by atoms with Gasteiger partial charge in [-0.3, -0.25) is 0 Å². The number of hydrogen-bond donors (Lipinski definition) is 1. The molecular weight excluding hydrogens is 322 g/mol. The van der Waals surface area contributed by atoms with E-state index in [2.05, 4.69) is 27.8 Å². The number of thioether (sulfide) groups is 1. The van der Waals surface area contributed by atoms with E-state index in [1.165, 1.54) is 0 Å². The van der Waals surface area contributed by atoms with Crippen LogP contribution in [-0.2, 0) is 13.6 Å². The van der Waals surface area contributed by atoms with Crippen molar-refractivity contribution >= 4 is 23.4 Å². The molecule has 0 aliphatic carbocycles. The highest BCUT2D eigenvalue weighted by molar-refractivity contribution is 7.99. The second kappa shape index (κ2) is 8.97. The van der Waals surface area contributed by atoms with Crippen LogP contribution in [0, 0.1) is 0 Å². The number of nitrogens with zero attached hydrogens (tertiary/aromatic N) is 4. The topological polar surface area (TPSA) is 64.9 Å². The van der Waals surface area contributed by atoms with Crippen molar-refractivity contribution < 1.29 is 4.74 Å². The number of hydrogen-bond acceptors (Lipinski definition) is 6. The van der Waals surface area contributed by atoms with Gasteiger partial charge in [0.05, 0.1) is 6.61 Å². The summed E-state index contributed by atoms with van der Waals surface area (Å²) in [5, 5.41) is 16.3. The van der Waals surface area contributed by atoms with Gasteiger partial charge in [-0.05, 0) is 35.0 Å². The Bertz CT molecular complexity index is 592. The molecule has 0 radical (unpaired) electrons. The molecule has 0 fully saturated rings. The molecule has 1 aromatic carbocycles. The highest BCUT2D eigenvalue weighted by Crippen LogP contribution is 2.23. The lowest BCUT2D eigenvalue weighted by Gasteiger charge is -2.12. The molecule has 2 aromatic rings. The van der Waals surface area contributed by atoms with Crippen LogP contribution < -0.4 is 10.1 Å². The van der Waals surface area contributed by atoms with Gasteiger partial charge in [0.15, 0.2) is 0 Å². The van der Waals surface area contributed by atoms with Crippen LogP contribution in [0.15, 0.2) is 23.4 Å². The highest BCUT2D eigenvalue weighted by Gasteiger charge is 2.05. The number of benzene rings is 1. The van der Waals surface area contributed by atoms with Gasteiger partial charge in [0.25, 0.3) is 0 Å². The van der Waals surface area contributed by atoms with Crippen LogP contribution in [0.2, 0.25) is 5.02 Å². The largest absolute Gasteiger partial charge is 0.493 e. The minimum atomic E-state index is 0.712. The summed E-state index contributed by atoms with van der Waals surface area (Å²) in [6.07, 6.45) is 0.984. The van der Waals surface area contributed by atoms with E-state index in [-0.39, 0.29) is 0 Å². The zero-order valence-electron chi connectivity index (χ0n) is 12.8. The molecule has 0 atom stereocenters. The summed E-state index contributed by atoms with van der Waals surface area (Å²) in [5.74, 6) is 1.78. The van der Waals surface area contributed by atoms with Crippen LogP contribution in [0.25, 0.3) is 0 Å². The van der Waals surface area contributed by atoms with Gasteiger partial charge in [-0.1, -0.05) is 30.3 Å². The van der Waals surface area contributed by atoms with Crippen molar-refractivity contribution in [1.82, 2.24) is 25.5 Å². The zero-order chi connectivity index (χ0) is 15.8. The molecule has 22 heavy (non-hydrogen) atoms. The average Bonchev–Trinajstić information content (AvgIpc) is 2.91. The standard InChI is InChI=1S/C14H20ClN5OS/c1-3-7-21-13-5-4-12(15)9-11(13)10-16-6-8-22-14-17-18-19-20(14)2/h4-5,9,16H,3,6-8,10H2,1-2H3. The first-order chi connectivity index (χ1) is 10.7. The van der Waals surface area contributed by atoms with Crippen LogP contribution >= 0.6 is 23.4 Å². The second-order valence-electron chi connectivity index (χ2n) is 4.71. The van der Waals surface area contributed by atoms with Crippen molar-refractivity contribution in [2.75, 3.05) is 18.9 Å². The molecule has 8 heteroatoms. The van der Waals surface area contributed by atoms with E-state index in [4.69, 9.17) is 16.3 Å². The maximum Gasteiger partial charge on any atom is 0.209 e. The van der Waals surface area contributed by atoms with Gasteiger partial charge in [-0.2, -0.15) is 0 Å². The maximum absolute atomic E-state index is 6.06. The Balaban J connectivity index is 1.78. The summed E-state index contributed by atoms with van der Waals surface area (Å²) in [5.41, 5.74) is 1.08. The number of rotatable bonds is 9. The van der Waals surface area contributed by atoms with Gasteiger partial charge in [0.2, 0.25) is 5.16 Å². The van der Waals surface area contributed by atoms with Gasteiger partial charge in [0.1, 0.15) is 5.75 Å². The molecule has 0 saturated carbocycles. The molecule has 0 spiro atoms. The smallest absolute Gasteiger partial charge is 0.209 e. The molecular formula is C14H20ClN5OS. The van der Waals surface area contributed by atoms with Crippen molar-refractivity contribution in [2.45, 2.75) is 25.0 Å². The van der Waals surface area contributed by atoms with Crippen molar-refractivity contribution in [3.8, 4) is 5.75 Å². The molecule has 6 nitrogen and oxygen atoms in total. The normalized spacial score (nSPS) is 10.9. The molecule has 0 aliphatic rings. The molecule has 0 unspecified atom stereocenters. The van der Waals surface area contributed by atoms with E-state index in [1.54, 1.807) is 16.4 Å². The quantitative estimate of drug-likeness (QED) is 0.558. The van der Waals surface area contributed by atoms with E-state index in [0.717, 1.165) is 46.8 Å². The fraction of sp³-hybridized carbons (Fsp3) is 0.500. The van der Waals surface area contributed by atoms with E-state index >= 15 is 0 Å². The molecule has 120 valence electrons. The lowest BCUT2D eigenvalue weighted by Crippen LogP contribution is -2.17. The predicted molar refractivity (Wildman–Crippen MR) is 88.5 cm³/mol. The molecule has 0 bridgehead atoms. The summed E-state index contributed by atoms with van der Waals surface area (Å²) in [6, 6.07) is 5.72. The van der Waals surface area contributed by atoms with E-state index in [9.17, 15) is 0 Å². The average molecular weight is 342 g/mol. The molecule has 1 N–H and O–H groups in total. The van der Waals surface area contributed by atoms with Crippen molar-refractivity contribution in [2.24, 2.45) is 7.05 Å². The number of nitrogens with one attached hydrogen (secondary N) is 1. The van der Waals surface area contributed by atoms with Gasteiger partial charge in [0, 0.05) is 36.5 Å². The van der Waals surface area contributed by atoms with Crippen LogP contribution in [-0.4, -0.2) is 39.1 Å². The van der Waals surface area contributed by atoms with Gasteiger partial charge < -0.3 is 10.1 Å². The summed E-state index contributed by atoms with van der Waals surface area (Å²) in [4.78, 5) is 0. The molecule has 0 amide bonds. The summed E-state index contributed by atoms with van der Waals surface area (Å²) < 4.78 is 7.40. The maximum atomic E-state index is 6.06. The van der Waals surface area contributed by atoms with E-state index < -0.39 is 0 Å². The molecule has 1 aromatic heterocycles. The van der Waals surface area contributed by atoms with Crippen molar-refractivity contribution in [1.29, 1.82) is 0 Å². The third-order valence-corrected chi connectivity index (χ3v) is 4.14. The predicted octanol–water partition coefficient (Wildman–Crippen LogP) is 2.53. The Morgan fingerprint density at radius 1 is 1.41 bits per heavy atom. The molecule has 1 heterocycles. The summed E-state index contributed by atoms with van der Waals surface area (Å²) in [7, 11) is 1.83. The Hall–Kier alpha value is -1.31. The minimum absolute atomic E-state index is 0.712. The second-order valence-corrected chi connectivity index (χ2v) is 6.21. The van der Waals surface area contributed by atoms with Crippen LogP contribution in [0.3, 0.4) is 0 Å². The fourth-order valence-corrected chi connectivity index (χ4v) is 2.76. The highest BCUT2D eigenvalue weighted by atomic mass is 35.5. The van der Waals surface area contributed by atoms with Gasteiger partial charge in [-0.25, -0.2) is 4.68 Å². The third-order valence-electron chi connectivity index (χ3n) is 2.89. The third kappa shape index (κ3) is 5.15. The molecule has 2 rings (SSSR count). The van der Waals surface area contributed by atoms with Gasteiger partial charge >= 0.3 is 0 Å². The SMILES string of the molecule is CCCOc1ccc(Cl)cc1CNCCSc1nnnn1C. The summed E-state index contributed by atoms with van der Waals surface area (Å²) in [6.45, 7) is 4.37. The van der Waals surface area contributed by atoms with Crippen LogP contribution in [0.4, 0.5) is 0 Å². The fourth-order valence-electron chi connectivity index (χ4n) is 1.82. The Labute approximate surface area is 139 Å². The first-order valence-electron chi connectivity index (χ1n) is 7.17. The number of aromatic nitrogens is 4. The Morgan fingerprint density at radius 2 is 2.27 bits per heavy atom. The van der Waals surface area contributed by atoms with E-state index in [1.807, 2.05) is 25.2 Å². The van der Waals surface area contributed by atoms with Gasteiger partial charge in [-0.15, -0.1) is 5.10 Å². The Kier molecular flexibility index (Phi) is 6.95. The first kappa shape index (κ1) is 17.1. The molecule has 0 aliphatic heterocycles. The monoisotopic (exact) mass is 341 g/mol. The number of ether oxygens (including phenoxy) is 1. The van der Waals surface area contributed by atoms with E-state index in [0.29, 0.717) is 6.61 Å². The van der Waals surface area contributed by atoms with Crippen molar-refractivity contribution in [3.05, 3.63) is 28.8 Å². The lowest BCUT2D eigenvalue weighted by molar-refractivity contribution is 0.313. The summed E-state index contributed by atoms with van der Waals surface area (Å²) >= 11 is 7.68.